The molecule has 0 saturated heterocycles. The van der Waals surface area contributed by atoms with E-state index in [-0.39, 0.29) is 24.0 Å². The summed E-state index contributed by atoms with van der Waals surface area (Å²) in [5.41, 5.74) is 2.57. The van der Waals surface area contributed by atoms with Crippen molar-refractivity contribution >= 4 is 0 Å². The molecule has 1 heterocycles. The number of aromatic nitrogens is 2. The number of rotatable bonds is 6. The Morgan fingerprint density at radius 3 is 2.47 bits per heavy atom. The van der Waals surface area contributed by atoms with Crippen molar-refractivity contribution in [2.24, 2.45) is 0 Å². The van der Waals surface area contributed by atoms with E-state index in [0.717, 1.165) is 6.54 Å². The van der Waals surface area contributed by atoms with E-state index in [4.69, 9.17) is 0 Å². The van der Waals surface area contributed by atoms with Crippen LogP contribution >= 0.6 is 0 Å². The molecule has 0 aliphatic carbocycles. The molecule has 2 nitrogen and oxygen atoms in total. The summed E-state index contributed by atoms with van der Waals surface area (Å²) in [5.74, 6) is 1.21. The topological polar surface area (TPSA) is 19.7 Å². The van der Waals surface area contributed by atoms with Crippen molar-refractivity contribution in [2.75, 3.05) is 0 Å². The monoisotopic (exact) mass is 370 g/mol. The Morgan fingerprint density at radius 1 is 1.05 bits per heavy atom. The van der Waals surface area contributed by atoms with Gasteiger partial charge in [-0.05, 0) is 31.9 Å². The van der Waals surface area contributed by atoms with Gasteiger partial charge in [0.15, 0.2) is 0 Å². The number of H-pyrrole nitrogens is 1. The minimum atomic E-state index is 0. The van der Waals surface area contributed by atoms with E-state index in [0.29, 0.717) is 0 Å². The highest BCUT2D eigenvalue weighted by atomic mass is 127. The van der Waals surface area contributed by atoms with Gasteiger partial charge in [-0.25, -0.2) is 9.55 Å². The number of nitrogens with one attached hydrogen (secondary N) is 1. The first-order chi connectivity index (χ1) is 8.81. The fourth-order valence-electron chi connectivity index (χ4n) is 2.22. The molecular formula is C16H23IN2. The van der Waals surface area contributed by atoms with Crippen molar-refractivity contribution in [1.82, 2.24) is 4.98 Å². The molecular weight excluding hydrogens is 347 g/mol. The van der Waals surface area contributed by atoms with E-state index in [9.17, 15) is 0 Å². The van der Waals surface area contributed by atoms with Crippen molar-refractivity contribution < 1.29 is 28.5 Å². The number of hydrogen-bond acceptors (Lipinski definition) is 0. The van der Waals surface area contributed by atoms with Gasteiger partial charge in [-0.2, -0.15) is 0 Å². The molecule has 1 aromatic carbocycles. The molecule has 0 fully saturated rings. The smallest absolute Gasteiger partial charge is 0.286 e. The summed E-state index contributed by atoms with van der Waals surface area (Å²) in [4.78, 5) is 3.35. The number of aromatic amines is 1. The molecule has 0 amide bonds. The number of hydrogen-bond donors (Lipinski definition) is 1. The lowest BCUT2D eigenvalue weighted by molar-refractivity contribution is -0.685. The molecule has 0 unspecified atom stereocenters. The predicted octanol–water partition coefficient (Wildman–Crippen LogP) is 0.862. The summed E-state index contributed by atoms with van der Waals surface area (Å²) < 4.78 is 2.32. The van der Waals surface area contributed by atoms with Gasteiger partial charge >= 0.3 is 0 Å². The van der Waals surface area contributed by atoms with Gasteiger partial charge < -0.3 is 24.0 Å². The molecule has 1 N–H and O–H groups in total. The minimum absolute atomic E-state index is 0. The molecule has 1 aromatic heterocycles. The Balaban J connectivity index is 0.00000180. The average molecular weight is 370 g/mol. The Hall–Kier alpha value is -0.840. The quantitative estimate of drug-likeness (QED) is 0.442. The predicted molar refractivity (Wildman–Crippen MR) is 75.3 cm³/mol. The summed E-state index contributed by atoms with van der Waals surface area (Å²) in [5, 5.41) is 0. The maximum Gasteiger partial charge on any atom is 0.286 e. The SMILES string of the molecule is CCCCCC[n+]1cc[nH]c1-c1ccc(C)cc1.[I-]. The third-order valence-corrected chi connectivity index (χ3v) is 3.34. The fraction of sp³-hybridized carbons (Fsp3) is 0.438. The first-order valence-corrected chi connectivity index (χ1v) is 6.95. The molecule has 0 saturated carbocycles. The largest absolute Gasteiger partial charge is 1.00 e. The molecule has 0 spiro atoms. The molecule has 0 atom stereocenters. The van der Waals surface area contributed by atoms with Crippen molar-refractivity contribution in [3.63, 3.8) is 0 Å². The van der Waals surface area contributed by atoms with Gasteiger partial charge in [0.25, 0.3) is 5.82 Å². The van der Waals surface area contributed by atoms with Gasteiger partial charge in [0.2, 0.25) is 0 Å². The number of nitrogens with zero attached hydrogens (tertiary/aromatic N) is 1. The lowest BCUT2D eigenvalue weighted by Crippen LogP contribution is -3.00. The van der Waals surface area contributed by atoms with E-state index >= 15 is 0 Å². The van der Waals surface area contributed by atoms with Crippen molar-refractivity contribution in [3.8, 4) is 11.4 Å². The molecule has 3 heteroatoms. The minimum Gasteiger partial charge on any atom is -1.00 e. The molecule has 19 heavy (non-hydrogen) atoms. The Morgan fingerprint density at radius 2 is 1.79 bits per heavy atom. The Labute approximate surface area is 133 Å². The molecule has 0 bridgehead atoms. The summed E-state index contributed by atoms with van der Waals surface area (Å²) in [6, 6.07) is 8.70. The fourth-order valence-corrected chi connectivity index (χ4v) is 2.22. The number of imidazole rings is 1. The molecule has 0 aliphatic rings. The zero-order valence-corrected chi connectivity index (χ0v) is 14.0. The molecule has 0 aliphatic heterocycles. The Kier molecular flexibility index (Phi) is 7.13. The van der Waals surface area contributed by atoms with Gasteiger partial charge in [-0.15, -0.1) is 0 Å². The van der Waals surface area contributed by atoms with E-state index in [1.54, 1.807) is 0 Å². The summed E-state index contributed by atoms with van der Waals surface area (Å²) in [6.45, 7) is 5.48. The average Bonchev–Trinajstić information content (AvgIpc) is 2.84. The second-order valence-corrected chi connectivity index (χ2v) is 4.93. The number of aryl methyl sites for hydroxylation is 2. The van der Waals surface area contributed by atoms with E-state index in [1.165, 1.54) is 42.6 Å². The maximum atomic E-state index is 3.35. The van der Waals surface area contributed by atoms with Crippen molar-refractivity contribution in [3.05, 3.63) is 42.2 Å². The third kappa shape index (κ3) is 4.64. The molecule has 2 rings (SSSR count). The number of benzene rings is 1. The van der Waals surface area contributed by atoms with Crippen LogP contribution in [-0.2, 0) is 6.54 Å². The second-order valence-electron chi connectivity index (χ2n) is 4.93. The highest BCUT2D eigenvalue weighted by Gasteiger charge is 2.12. The summed E-state index contributed by atoms with van der Waals surface area (Å²) in [7, 11) is 0. The van der Waals surface area contributed by atoms with Crippen LogP contribution in [0.3, 0.4) is 0 Å². The summed E-state index contributed by atoms with van der Waals surface area (Å²) >= 11 is 0. The molecule has 0 radical (unpaired) electrons. The summed E-state index contributed by atoms with van der Waals surface area (Å²) in [6.07, 6.45) is 9.38. The van der Waals surface area contributed by atoms with Gasteiger partial charge in [-0.1, -0.05) is 37.5 Å². The molecule has 104 valence electrons. The van der Waals surface area contributed by atoms with Crippen LogP contribution in [0.4, 0.5) is 0 Å². The van der Waals surface area contributed by atoms with Crippen molar-refractivity contribution in [1.29, 1.82) is 0 Å². The number of halogens is 1. The van der Waals surface area contributed by atoms with E-state index < -0.39 is 0 Å². The zero-order valence-electron chi connectivity index (χ0n) is 11.8. The lowest BCUT2D eigenvalue weighted by Gasteiger charge is -2.01. The van der Waals surface area contributed by atoms with Gasteiger partial charge in [0.1, 0.15) is 12.4 Å². The number of unbranched alkanes of at least 4 members (excludes halogenated alkanes) is 3. The highest BCUT2D eigenvalue weighted by Crippen LogP contribution is 2.14. The van der Waals surface area contributed by atoms with Crippen LogP contribution < -0.4 is 28.5 Å². The van der Waals surface area contributed by atoms with Crippen LogP contribution in [-0.4, -0.2) is 4.98 Å². The third-order valence-electron chi connectivity index (χ3n) is 3.34. The van der Waals surface area contributed by atoms with Crippen LogP contribution in [0.1, 0.15) is 38.2 Å². The Bertz CT molecular complexity index is 474. The van der Waals surface area contributed by atoms with Crippen LogP contribution in [0.2, 0.25) is 0 Å². The second kappa shape index (κ2) is 8.35. The van der Waals surface area contributed by atoms with Crippen molar-refractivity contribution in [2.45, 2.75) is 46.1 Å². The maximum absolute atomic E-state index is 3.35. The van der Waals surface area contributed by atoms with Crippen LogP contribution in [0, 0.1) is 6.92 Å². The standard InChI is InChI=1S/C16H22N2.HI/c1-3-4-5-6-12-18-13-11-17-16(18)15-9-7-14(2)8-10-15;/h7-11,13H,3-6,12H2,1-2H3;1H. The van der Waals surface area contributed by atoms with Crippen LogP contribution in [0.5, 0.6) is 0 Å². The normalized spacial score (nSPS) is 10.2. The molecule has 2 aromatic rings. The van der Waals surface area contributed by atoms with E-state index in [1.807, 2.05) is 6.20 Å². The van der Waals surface area contributed by atoms with Gasteiger partial charge in [0.05, 0.1) is 12.1 Å². The van der Waals surface area contributed by atoms with Gasteiger partial charge in [0, 0.05) is 0 Å². The lowest BCUT2D eigenvalue weighted by atomic mass is 10.1. The van der Waals surface area contributed by atoms with Crippen LogP contribution in [0.15, 0.2) is 36.7 Å². The van der Waals surface area contributed by atoms with Gasteiger partial charge in [-0.3, -0.25) is 0 Å². The zero-order chi connectivity index (χ0) is 12.8. The van der Waals surface area contributed by atoms with E-state index in [2.05, 4.69) is 53.9 Å². The van der Waals surface area contributed by atoms with Crippen LogP contribution in [0.25, 0.3) is 11.4 Å². The first-order valence-electron chi connectivity index (χ1n) is 6.95. The highest BCUT2D eigenvalue weighted by molar-refractivity contribution is 5.52. The first kappa shape index (κ1) is 16.2.